The van der Waals surface area contributed by atoms with E-state index in [4.69, 9.17) is 17.3 Å². The van der Waals surface area contributed by atoms with E-state index in [1.165, 1.54) is 0 Å². The molecule has 80 valence electrons. The van der Waals surface area contributed by atoms with Crippen molar-refractivity contribution in [2.75, 3.05) is 12.4 Å². The lowest BCUT2D eigenvalue weighted by Crippen LogP contribution is -2.44. The van der Waals surface area contributed by atoms with Crippen LogP contribution < -0.4 is 5.73 Å². The minimum Gasteiger partial charge on any atom is -0.368 e. The third-order valence-electron chi connectivity index (χ3n) is 2.03. The van der Waals surface area contributed by atoms with E-state index >= 15 is 0 Å². The van der Waals surface area contributed by atoms with Gasteiger partial charge in [-0.2, -0.15) is 0 Å². The van der Waals surface area contributed by atoms with Gasteiger partial charge in [-0.15, -0.1) is 11.6 Å². The number of carbonyl (C=O) groups is 2. The summed E-state index contributed by atoms with van der Waals surface area (Å²) in [7, 11) is 0. The van der Waals surface area contributed by atoms with Crippen LogP contribution in [0.25, 0.3) is 0 Å². The number of carbonyl (C=O) groups excluding carboxylic acids is 2. The monoisotopic (exact) mass is 226 g/mol. The fourth-order valence-electron chi connectivity index (χ4n) is 1.41. The zero-order valence-electron chi connectivity index (χ0n) is 7.17. The zero-order valence-corrected chi connectivity index (χ0v) is 7.93. The van der Waals surface area contributed by atoms with Crippen LogP contribution in [0, 0.1) is 0 Å². The zero-order chi connectivity index (χ0) is 10.9. The molecule has 0 spiro atoms. The molecule has 0 saturated carbocycles. The summed E-state index contributed by atoms with van der Waals surface area (Å²) in [6.45, 7) is -0.786. The SMILES string of the molecule is NC(=O)[C@@H]1CC(F)(F)CN1C(=O)CCl. The molecule has 14 heavy (non-hydrogen) atoms. The second-order valence-corrected chi connectivity index (χ2v) is 3.40. The van der Waals surface area contributed by atoms with Crippen molar-refractivity contribution >= 4 is 23.4 Å². The average molecular weight is 227 g/mol. The molecular weight excluding hydrogens is 218 g/mol. The predicted octanol–water partition coefficient (Wildman–Crippen LogP) is -0.0533. The lowest BCUT2D eigenvalue weighted by Gasteiger charge is -2.19. The Bertz CT molecular complexity index is 272. The summed E-state index contributed by atoms with van der Waals surface area (Å²) in [5.74, 6) is -5.12. The van der Waals surface area contributed by atoms with Gasteiger partial charge in [-0.25, -0.2) is 8.78 Å². The van der Waals surface area contributed by atoms with Crippen molar-refractivity contribution in [3.63, 3.8) is 0 Å². The molecule has 1 atom stereocenters. The van der Waals surface area contributed by atoms with Gasteiger partial charge in [0.2, 0.25) is 11.8 Å². The molecule has 1 fully saturated rings. The van der Waals surface area contributed by atoms with Gasteiger partial charge in [0.15, 0.2) is 0 Å². The Kier molecular flexibility index (Phi) is 2.94. The minimum atomic E-state index is -3.05. The van der Waals surface area contributed by atoms with E-state index in [2.05, 4.69) is 0 Å². The highest BCUT2D eigenvalue weighted by atomic mass is 35.5. The summed E-state index contributed by atoms with van der Waals surface area (Å²) in [4.78, 5) is 22.6. The summed E-state index contributed by atoms with van der Waals surface area (Å²) in [5, 5.41) is 0. The summed E-state index contributed by atoms with van der Waals surface area (Å²) >= 11 is 5.21. The third-order valence-corrected chi connectivity index (χ3v) is 2.26. The van der Waals surface area contributed by atoms with Crippen molar-refractivity contribution in [3.8, 4) is 0 Å². The van der Waals surface area contributed by atoms with Crippen LogP contribution in [-0.2, 0) is 9.59 Å². The Hall–Kier alpha value is -0.910. The number of rotatable bonds is 2. The van der Waals surface area contributed by atoms with E-state index < -0.39 is 42.6 Å². The number of primary amides is 1. The standard InChI is InChI=1S/C7H9ClF2N2O2/c8-2-5(13)12-3-7(9,10)1-4(12)6(11)14/h4H,1-3H2,(H2,11,14)/t4-/m0/s1. The Morgan fingerprint density at radius 1 is 1.57 bits per heavy atom. The minimum absolute atomic E-state index is 0.431. The molecule has 0 aromatic heterocycles. The highest BCUT2D eigenvalue weighted by molar-refractivity contribution is 6.27. The Balaban J connectivity index is 2.83. The number of amides is 2. The molecule has 0 aromatic rings. The maximum absolute atomic E-state index is 12.9. The van der Waals surface area contributed by atoms with Crippen LogP contribution in [0.5, 0.6) is 0 Å². The van der Waals surface area contributed by atoms with Gasteiger partial charge < -0.3 is 10.6 Å². The number of alkyl halides is 3. The third kappa shape index (κ3) is 2.12. The Morgan fingerprint density at radius 3 is 2.57 bits per heavy atom. The van der Waals surface area contributed by atoms with Gasteiger partial charge in [-0.3, -0.25) is 9.59 Å². The van der Waals surface area contributed by atoms with E-state index in [0.717, 1.165) is 4.90 Å². The summed E-state index contributed by atoms with van der Waals surface area (Å²) in [5.41, 5.74) is 4.89. The molecule has 1 saturated heterocycles. The van der Waals surface area contributed by atoms with Gasteiger partial charge >= 0.3 is 0 Å². The molecule has 4 nitrogen and oxygen atoms in total. The van der Waals surface area contributed by atoms with Crippen molar-refractivity contribution < 1.29 is 18.4 Å². The van der Waals surface area contributed by atoms with Crippen LogP contribution in [0.15, 0.2) is 0 Å². The first-order chi connectivity index (χ1) is 6.37. The Labute approximate surface area is 84.0 Å². The second-order valence-electron chi connectivity index (χ2n) is 3.13. The molecule has 1 rings (SSSR count). The van der Waals surface area contributed by atoms with Crippen LogP contribution in [0.3, 0.4) is 0 Å². The molecule has 2 N–H and O–H groups in total. The molecular formula is C7H9ClF2N2O2. The summed E-state index contributed by atoms with van der Waals surface area (Å²) < 4.78 is 25.7. The number of nitrogens with two attached hydrogens (primary N) is 1. The molecule has 0 radical (unpaired) electrons. The normalized spacial score (nSPS) is 25.1. The fourth-order valence-corrected chi connectivity index (χ4v) is 1.56. The van der Waals surface area contributed by atoms with Gasteiger partial charge in [-0.1, -0.05) is 0 Å². The van der Waals surface area contributed by atoms with Crippen molar-refractivity contribution in [2.45, 2.75) is 18.4 Å². The summed E-state index contributed by atoms with van der Waals surface area (Å²) in [6, 6.07) is -1.24. The van der Waals surface area contributed by atoms with Crippen LogP contribution in [-0.4, -0.2) is 41.1 Å². The molecule has 0 bridgehead atoms. The quantitative estimate of drug-likeness (QED) is 0.671. The Morgan fingerprint density at radius 2 is 2.14 bits per heavy atom. The van der Waals surface area contributed by atoms with E-state index in [1.54, 1.807) is 0 Å². The van der Waals surface area contributed by atoms with Crippen LogP contribution in [0.1, 0.15) is 6.42 Å². The maximum atomic E-state index is 12.9. The number of hydrogen-bond acceptors (Lipinski definition) is 2. The van der Waals surface area contributed by atoms with Gasteiger partial charge in [-0.05, 0) is 0 Å². The molecule has 7 heteroatoms. The lowest BCUT2D eigenvalue weighted by atomic mass is 10.2. The molecule has 0 unspecified atom stereocenters. The van der Waals surface area contributed by atoms with Crippen molar-refractivity contribution in [1.29, 1.82) is 0 Å². The highest BCUT2D eigenvalue weighted by Crippen LogP contribution is 2.31. The van der Waals surface area contributed by atoms with Crippen molar-refractivity contribution in [2.24, 2.45) is 5.73 Å². The van der Waals surface area contributed by atoms with E-state index in [9.17, 15) is 18.4 Å². The van der Waals surface area contributed by atoms with E-state index in [-0.39, 0.29) is 0 Å². The first-order valence-electron chi connectivity index (χ1n) is 3.90. The predicted molar refractivity (Wildman–Crippen MR) is 45.0 cm³/mol. The van der Waals surface area contributed by atoms with Crippen LogP contribution in [0.4, 0.5) is 8.78 Å². The highest BCUT2D eigenvalue weighted by Gasteiger charge is 2.48. The maximum Gasteiger partial charge on any atom is 0.267 e. The first kappa shape index (κ1) is 11.2. The largest absolute Gasteiger partial charge is 0.368 e. The number of likely N-dealkylation sites (tertiary alicyclic amines) is 1. The van der Waals surface area contributed by atoms with Crippen molar-refractivity contribution in [3.05, 3.63) is 0 Å². The second kappa shape index (κ2) is 3.68. The average Bonchev–Trinajstić information content (AvgIpc) is 2.40. The first-order valence-corrected chi connectivity index (χ1v) is 4.43. The van der Waals surface area contributed by atoms with Crippen LogP contribution in [0.2, 0.25) is 0 Å². The molecule has 2 amide bonds. The number of nitrogens with zero attached hydrogens (tertiary/aromatic N) is 1. The molecule has 1 aliphatic heterocycles. The van der Waals surface area contributed by atoms with E-state index in [0.29, 0.717) is 0 Å². The molecule has 1 aliphatic rings. The molecule has 0 aliphatic carbocycles. The van der Waals surface area contributed by atoms with E-state index in [1.807, 2.05) is 0 Å². The topological polar surface area (TPSA) is 63.4 Å². The number of halogens is 3. The fraction of sp³-hybridized carbons (Fsp3) is 0.714. The van der Waals surface area contributed by atoms with Gasteiger partial charge in [0.05, 0.1) is 6.54 Å². The molecule has 1 heterocycles. The lowest BCUT2D eigenvalue weighted by molar-refractivity contribution is -0.135. The number of hydrogen-bond donors (Lipinski definition) is 1. The summed E-state index contributed by atoms with van der Waals surface area (Å²) in [6.07, 6.45) is -0.717. The van der Waals surface area contributed by atoms with Crippen LogP contribution >= 0.6 is 11.6 Å². The smallest absolute Gasteiger partial charge is 0.267 e. The molecule has 0 aromatic carbocycles. The van der Waals surface area contributed by atoms with Gasteiger partial charge in [0.25, 0.3) is 5.92 Å². The van der Waals surface area contributed by atoms with Crippen molar-refractivity contribution in [1.82, 2.24) is 4.90 Å². The van der Waals surface area contributed by atoms with Gasteiger partial charge in [0, 0.05) is 6.42 Å². The van der Waals surface area contributed by atoms with Gasteiger partial charge in [0.1, 0.15) is 11.9 Å².